The van der Waals surface area contributed by atoms with Crippen LogP contribution in [-0.2, 0) is 119 Å². The number of benzene rings is 1. The van der Waals surface area contributed by atoms with Crippen LogP contribution in [0.4, 0.5) is 0 Å². The Labute approximate surface area is 844 Å². The quantitative estimate of drug-likeness (QED) is 0.00831. The Bertz CT molecular complexity index is 4980. The average Bonchev–Trinajstić information content (AvgIpc) is 1.63. The van der Waals surface area contributed by atoms with Crippen LogP contribution in [0.1, 0.15) is 161 Å². The number of hydrogen-bond donors (Lipinski definition) is 26. The number of aliphatic hydroxyl groups is 1. The van der Waals surface area contributed by atoms with E-state index in [9.17, 15) is 102 Å². The molecule has 29 N–H and O–H groups in total. The Hall–Kier alpha value is -13.0. The average molecular weight is 2090 g/mol. The first-order chi connectivity index (χ1) is 67.0. The van der Waals surface area contributed by atoms with Crippen molar-refractivity contribution in [1.82, 2.24) is 105 Å². The normalized spacial score (nSPS) is 16.5. The number of rotatable bonds is 62. The fourth-order valence-electron chi connectivity index (χ4n) is 14.6. The molecule has 17 atom stereocenters. The number of allylic oxidation sites excluding steroid dienone is 8. The number of nitrogens with two attached hydrogens (primary N) is 4. The first kappa shape index (κ1) is 121. The number of aliphatic hydroxyl groups excluding tert-OH is 1. The summed E-state index contributed by atoms with van der Waals surface area (Å²) in [6, 6.07) is -16.2. The third kappa shape index (κ3) is 41.3. The molecule has 0 bridgehead atoms. The standard InChI is InChI=1S/C84H127N25O24S3.C5H6.Fe/c1-8-42(3)68(104-71(120)49(85)18-14-28-92-84(88)89)81(130)102-56(35-62(86)111)77(126)100-57(36-63(87)112)78(127)105-69(43(4)9-2)82(131)108-38-47(109-39-58(106-107-109)45-15-10-11-16-45)34-61(108)80(129)101-55(33-46-37-93-50-19-13-12-17-48(46)50)76(125)103-59(40-110)79(128)98-52(21-23-67(117)118)74(123)94-44(5)70(119)97-54(27-32-136-7)75(124)99-53(26-31-135-6)73(122)91-29-24-64(113)95-51(20-22-66(115)116)72(121)90-30-25-65(114)96-60(41-134)83(132)133;1-2-4-5-3-1;/h10-13,15-17,19,37,39,42-45,47,49,51-57,59-61,68-69,93,110,134H,8-9,14,18,20-36,38,40-41,85H2,1-7H3,(H2,86,111)(H2,87,112)(H,90,121)(H,91,122)(H,94,123)(H,95,113)(H,96,114)(H,97,119)(H,98,128)(H,99,124)(H,100,126)(H,101,129)(H,102,130)(H,103,125)(H,104,120)(H,105,127)(H,115,116)(H,117,118)(H,132,133)(H4,88,89,92);1-4H,5H2;/q;;+2/t42-,43-,44-,47-,49-,51-,52-,53-,54-,55-,56-,57-,59-,60-,61-,68-,69-;;/m0../s1. The number of likely N-dealkylation sites (tertiary alicyclic amines) is 1. The molecule has 49 nitrogen and oxygen atoms in total. The topological polar surface area (TPSA) is 780 Å². The van der Waals surface area contributed by atoms with Crippen LogP contribution in [0.15, 0.2) is 85.3 Å². The molecular formula is C89H133FeN25O24S3+2. The minimum absolute atomic E-state index is 0. The molecule has 782 valence electrons. The van der Waals surface area contributed by atoms with Crippen molar-refractivity contribution in [1.29, 1.82) is 5.41 Å². The van der Waals surface area contributed by atoms with Gasteiger partial charge in [-0.15, -0.1) is 5.10 Å². The van der Waals surface area contributed by atoms with Crippen molar-refractivity contribution >= 4 is 171 Å². The molecule has 142 heavy (non-hydrogen) atoms. The van der Waals surface area contributed by atoms with Gasteiger partial charge in [0, 0.05) is 99.7 Å². The molecule has 1 fully saturated rings. The minimum atomic E-state index is -2.01. The van der Waals surface area contributed by atoms with E-state index in [0.717, 1.165) is 11.3 Å². The number of nitrogens with one attached hydrogen (secondary N) is 17. The maximum absolute atomic E-state index is 15.7. The van der Waals surface area contributed by atoms with E-state index in [0.29, 0.717) is 40.8 Å². The SMILES string of the molecule is C1=CCC=C1.CC[C@H](C)[C@H](NC(=O)[C@@H](N)CCCNC(=N)N)C(=O)N[C@@H](CC(N)=O)C(=O)N[C@@H](CC(N)=O)C(=O)N[C@H](C(=O)N1C[C@@H](n2cc(C3C=CC=C3)nn2)C[C@H]1C(=O)N[C@@H](Cc1c[nH]c2ccccc12)C(=O)N[C@@H](CO)C(=O)N[C@@H](CCC(=O)O)C(=O)N[C@@H](C)C(=O)N[C@@H](CCSC)C(=O)N[C@@H](CCSC)C(=O)NCCC(=O)N[C@@H](CCC(=O)O)C(=O)NCCC(=O)N[C@@H](CS)C(=O)O)[C@@H](C)CC.[Fe+2]. The number of carbonyl (C=O) groups is 20. The number of thiol groups is 1. The number of aliphatic carboxylic acids is 3. The zero-order valence-electron chi connectivity index (χ0n) is 79.8. The molecular weight excluding hydrogens is 1960 g/mol. The van der Waals surface area contributed by atoms with Crippen molar-refractivity contribution in [2.75, 3.05) is 62.6 Å². The van der Waals surface area contributed by atoms with Gasteiger partial charge in [-0.3, -0.25) is 96.5 Å². The van der Waals surface area contributed by atoms with Crippen LogP contribution >= 0.6 is 36.2 Å². The number of primary amides is 2. The minimum Gasteiger partial charge on any atom is -0.481 e. The molecule has 0 saturated carbocycles. The Balaban J connectivity index is 0.00000678. The Morgan fingerprint density at radius 1 is 0.542 bits per heavy atom. The molecule has 2 aromatic heterocycles. The summed E-state index contributed by atoms with van der Waals surface area (Å²) in [6.45, 7) is 5.70. The number of thioether (sulfide) groups is 2. The first-order valence-corrected chi connectivity index (χ1v) is 49.3. The van der Waals surface area contributed by atoms with Crippen molar-refractivity contribution in [3.63, 3.8) is 0 Å². The monoisotopic (exact) mass is 2090 g/mol. The number of aromatic amines is 1. The van der Waals surface area contributed by atoms with Crippen LogP contribution in [0.2, 0.25) is 0 Å². The number of fused-ring (bicyclic) bond motifs is 1. The summed E-state index contributed by atoms with van der Waals surface area (Å²) < 4.78 is 1.43. The van der Waals surface area contributed by atoms with Crippen molar-refractivity contribution in [3.8, 4) is 0 Å². The molecule has 6 rings (SSSR count). The molecule has 17 amide bonds. The summed E-state index contributed by atoms with van der Waals surface area (Å²) in [4.78, 5) is 277. The van der Waals surface area contributed by atoms with Crippen LogP contribution in [0, 0.1) is 17.2 Å². The molecule has 1 saturated heterocycles. The van der Waals surface area contributed by atoms with E-state index in [1.165, 1.54) is 41.3 Å². The summed E-state index contributed by atoms with van der Waals surface area (Å²) in [5.41, 5.74) is 24.2. The number of guanidine groups is 1. The number of amides is 17. The third-order valence-corrected chi connectivity index (χ3v) is 24.6. The molecule has 1 aliphatic heterocycles. The van der Waals surface area contributed by atoms with E-state index in [-0.39, 0.29) is 118 Å². The fraction of sp³-hybridized carbons (Fsp3) is 0.562. The van der Waals surface area contributed by atoms with E-state index < -0.39 is 266 Å². The van der Waals surface area contributed by atoms with Crippen molar-refractivity contribution < 1.29 is 133 Å². The van der Waals surface area contributed by atoms with Gasteiger partial charge in [0.2, 0.25) is 100 Å². The first-order valence-electron chi connectivity index (χ1n) is 45.9. The second kappa shape index (κ2) is 63.0. The second-order valence-electron chi connectivity index (χ2n) is 33.8. The number of aromatic nitrogens is 4. The van der Waals surface area contributed by atoms with Crippen molar-refractivity contribution in [2.45, 2.75) is 240 Å². The Kier molecular flexibility index (Phi) is 53.9. The van der Waals surface area contributed by atoms with Gasteiger partial charge in [0.05, 0.1) is 37.2 Å². The van der Waals surface area contributed by atoms with Crippen LogP contribution in [0.25, 0.3) is 10.9 Å². The molecule has 0 unspecified atom stereocenters. The second-order valence-corrected chi connectivity index (χ2v) is 36.1. The number of H-pyrrole nitrogens is 1. The smallest absolute Gasteiger partial charge is 0.481 e. The van der Waals surface area contributed by atoms with Gasteiger partial charge < -0.3 is 133 Å². The maximum Gasteiger partial charge on any atom is 2.00 e. The Morgan fingerprint density at radius 2 is 1.02 bits per heavy atom. The van der Waals surface area contributed by atoms with Crippen LogP contribution < -0.4 is 103 Å². The Morgan fingerprint density at radius 3 is 1.54 bits per heavy atom. The van der Waals surface area contributed by atoms with Gasteiger partial charge in [-0.1, -0.05) is 113 Å². The van der Waals surface area contributed by atoms with Gasteiger partial charge in [0.25, 0.3) is 0 Å². The van der Waals surface area contributed by atoms with Gasteiger partial charge in [-0.05, 0) is 99.4 Å². The molecule has 53 heteroatoms. The summed E-state index contributed by atoms with van der Waals surface area (Å²) in [5.74, 6) is -23.0. The van der Waals surface area contributed by atoms with Crippen LogP contribution in [0.3, 0.4) is 0 Å². The number of nitrogens with zero attached hydrogens (tertiary/aromatic N) is 4. The predicted octanol–water partition coefficient (Wildman–Crippen LogP) is -4.62. The summed E-state index contributed by atoms with van der Waals surface area (Å²) >= 11 is 6.46. The zero-order chi connectivity index (χ0) is 105. The summed E-state index contributed by atoms with van der Waals surface area (Å²) in [6.07, 6.45) is 18.4. The van der Waals surface area contributed by atoms with Gasteiger partial charge in [-0.2, -0.15) is 36.2 Å². The van der Waals surface area contributed by atoms with Gasteiger partial charge >= 0.3 is 35.0 Å². The molecule has 1 aromatic carbocycles. The van der Waals surface area contributed by atoms with Crippen molar-refractivity contribution in [3.05, 3.63) is 96.5 Å². The van der Waals surface area contributed by atoms with Crippen molar-refractivity contribution in [2.24, 2.45) is 34.8 Å². The summed E-state index contributed by atoms with van der Waals surface area (Å²) in [7, 11) is 0. The largest absolute Gasteiger partial charge is 2.00 e. The van der Waals surface area contributed by atoms with Crippen LogP contribution in [-0.4, -0.2) is 317 Å². The van der Waals surface area contributed by atoms with Gasteiger partial charge in [0.15, 0.2) is 5.96 Å². The predicted molar refractivity (Wildman–Crippen MR) is 521 cm³/mol. The number of carboxylic acids is 3. The third-order valence-electron chi connectivity index (χ3n) is 23.0. The molecule has 2 aliphatic carbocycles. The number of carboxylic acid groups (broad SMARTS) is 3. The molecule has 0 spiro atoms. The molecule has 3 aromatic rings. The van der Waals surface area contributed by atoms with Gasteiger partial charge in [0.1, 0.15) is 78.5 Å². The maximum atomic E-state index is 15.7. The number of para-hydroxylation sites is 1. The number of carbonyl (C=O) groups excluding carboxylic acids is 17. The fourth-order valence-corrected chi connectivity index (χ4v) is 15.8. The van der Waals surface area contributed by atoms with E-state index in [1.54, 1.807) is 82.8 Å². The van der Waals surface area contributed by atoms with Crippen LogP contribution in [0.5, 0.6) is 0 Å². The number of hydrogen-bond acceptors (Lipinski definition) is 28. The molecule has 3 heterocycles. The van der Waals surface area contributed by atoms with Gasteiger partial charge in [-0.25, -0.2) is 9.48 Å². The summed E-state index contributed by atoms with van der Waals surface area (Å²) in [5, 5.41) is 93.0. The zero-order valence-corrected chi connectivity index (χ0v) is 83.5. The molecule has 3 aliphatic rings. The molecule has 0 radical (unpaired) electrons. The van der Waals surface area contributed by atoms with E-state index in [1.807, 2.05) is 12.2 Å². The van der Waals surface area contributed by atoms with E-state index in [4.69, 9.17) is 28.3 Å². The van der Waals surface area contributed by atoms with E-state index >= 15 is 14.4 Å². The van der Waals surface area contributed by atoms with E-state index in [2.05, 4.69) is 132 Å².